The van der Waals surface area contributed by atoms with Crippen LogP contribution in [0.3, 0.4) is 0 Å². The molecule has 4 aromatic rings. The number of hydrogen-bond donors (Lipinski definition) is 2. The summed E-state index contributed by atoms with van der Waals surface area (Å²) in [4.78, 5) is 37.9. The maximum Gasteiger partial charge on any atom is 0.312 e. The summed E-state index contributed by atoms with van der Waals surface area (Å²) in [7, 11) is 1.69. The highest BCUT2D eigenvalue weighted by atomic mass is 19.1. The second kappa shape index (κ2) is 14.6. The summed E-state index contributed by atoms with van der Waals surface area (Å²) in [5.41, 5.74) is 1.23. The molecule has 2 aromatic carbocycles. The third kappa shape index (κ3) is 8.43. The highest BCUT2D eigenvalue weighted by molar-refractivity contribution is 5.99. The number of methoxy groups -OCH3 is 1. The van der Waals surface area contributed by atoms with E-state index in [4.69, 9.17) is 14.2 Å². The maximum atomic E-state index is 15.4. The van der Waals surface area contributed by atoms with Gasteiger partial charge in [0.1, 0.15) is 11.6 Å². The molecule has 0 atom stereocenters. The van der Waals surface area contributed by atoms with Gasteiger partial charge in [0.25, 0.3) is 0 Å². The third-order valence-electron chi connectivity index (χ3n) is 7.56. The Labute approximate surface area is 273 Å². The highest BCUT2D eigenvalue weighted by Crippen LogP contribution is 2.32. The zero-order valence-electron chi connectivity index (χ0n) is 27.1. The summed E-state index contributed by atoms with van der Waals surface area (Å²) in [6.07, 6.45) is 2.89. The van der Waals surface area contributed by atoms with Crippen LogP contribution in [-0.2, 0) is 25.8 Å². The topological polar surface area (TPSA) is 123 Å². The fraction of sp³-hybridized carbons (Fsp3) is 0.353. The number of fused-ring (bicyclic) bond motifs is 1. The lowest BCUT2D eigenvalue weighted by Crippen LogP contribution is -2.47. The number of piperazine rings is 1. The van der Waals surface area contributed by atoms with Crippen LogP contribution >= 0.6 is 0 Å². The Bertz CT molecular complexity index is 1740. The van der Waals surface area contributed by atoms with E-state index in [2.05, 4.69) is 32.1 Å². The molecule has 248 valence electrons. The van der Waals surface area contributed by atoms with E-state index >= 15 is 4.39 Å². The van der Waals surface area contributed by atoms with Gasteiger partial charge in [-0.15, -0.1) is 0 Å². The molecule has 1 amide bonds. The molecule has 47 heavy (non-hydrogen) atoms. The van der Waals surface area contributed by atoms with E-state index in [1.165, 1.54) is 12.1 Å². The van der Waals surface area contributed by atoms with Gasteiger partial charge in [-0.1, -0.05) is 12.6 Å². The molecule has 12 nitrogen and oxygen atoms in total. The van der Waals surface area contributed by atoms with Crippen molar-refractivity contribution >= 4 is 45.9 Å². The average Bonchev–Trinajstić information content (AvgIpc) is 3.45. The van der Waals surface area contributed by atoms with Crippen LogP contribution in [0.4, 0.5) is 27.4 Å². The van der Waals surface area contributed by atoms with Crippen molar-refractivity contribution in [1.82, 2.24) is 19.4 Å². The first kappa shape index (κ1) is 33.4. The van der Waals surface area contributed by atoms with Crippen molar-refractivity contribution in [2.75, 3.05) is 62.0 Å². The summed E-state index contributed by atoms with van der Waals surface area (Å²) in [6, 6.07) is 13.5. The van der Waals surface area contributed by atoms with E-state index in [9.17, 15) is 9.59 Å². The van der Waals surface area contributed by atoms with Crippen LogP contribution in [0.15, 0.2) is 67.4 Å². The number of benzene rings is 2. The van der Waals surface area contributed by atoms with E-state index in [0.29, 0.717) is 53.5 Å². The molecule has 5 rings (SSSR count). The Hall–Kier alpha value is -5.01. The van der Waals surface area contributed by atoms with E-state index in [1.54, 1.807) is 81.1 Å². The first-order chi connectivity index (χ1) is 22.5. The van der Waals surface area contributed by atoms with E-state index < -0.39 is 5.41 Å². The summed E-state index contributed by atoms with van der Waals surface area (Å²) >= 11 is 0. The Kier molecular flexibility index (Phi) is 10.4. The molecule has 0 radical (unpaired) electrons. The van der Waals surface area contributed by atoms with Gasteiger partial charge in [-0.3, -0.25) is 19.1 Å². The average molecular weight is 646 g/mol. The summed E-state index contributed by atoms with van der Waals surface area (Å²) < 4.78 is 34.0. The number of anilines is 4. The number of nitrogens with one attached hydrogen (secondary N) is 2. The van der Waals surface area contributed by atoms with Gasteiger partial charge in [0.15, 0.2) is 12.4 Å². The van der Waals surface area contributed by atoms with Crippen molar-refractivity contribution in [2.24, 2.45) is 5.41 Å². The number of nitrogens with zero attached hydrogens (tertiary/aromatic N) is 5. The summed E-state index contributed by atoms with van der Waals surface area (Å²) in [6.45, 7) is 13.3. The van der Waals surface area contributed by atoms with Crippen LogP contribution in [0.2, 0.25) is 0 Å². The van der Waals surface area contributed by atoms with Crippen molar-refractivity contribution in [2.45, 2.75) is 27.5 Å². The van der Waals surface area contributed by atoms with Crippen molar-refractivity contribution in [3.8, 4) is 11.6 Å². The van der Waals surface area contributed by atoms with Crippen LogP contribution in [0.5, 0.6) is 11.6 Å². The van der Waals surface area contributed by atoms with Crippen LogP contribution in [0, 0.1) is 11.2 Å². The zero-order chi connectivity index (χ0) is 33.6. The minimum Gasteiger partial charge on any atom is -0.443 e. The Morgan fingerprint density at radius 1 is 1.04 bits per heavy atom. The van der Waals surface area contributed by atoms with Gasteiger partial charge in [0, 0.05) is 63.5 Å². The first-order valence-corrected chi connectivity index (χ1v) is 15.3. The Morgan fingerprint density at radius 2 is 1.83 bits per heavy atom. The van der Waals surface area contributed by atoms with Crippen LogP contribution in [-0.4, -0.2) is 77.8 Å². The van der Waals surface area contributed by atoms with E-state index in [-0.39, 0.29) is 36.3 Å². The lowest BCUT2D eigenvalue weighted by molar-refractivity contribution is -0.156. The van der Waals surface area contributed by atoms with Gasteiger partial charge < -0.3 is 29.7 Å². The molecule has 1 aliphatic rings. The molecular formula is C34H40FN7O5. The second-order valence-electron chi connectivity index (χ2n) is 12.1. The number of aromatic nitrogens is 3. The van der Waals surface area contributed by atoms with Gasteiger partial charge in [0.2, 0.25) is 17.7 Å². The predicted octanol–water partition coefficient (Wildman–Crippen LogP) is 5.55. The molecule has 3 heterocycles. The number of carbonyl (C=O) groups is 2. The molecule has 0 spiro atoms. The fourth-order valence-corrected chi connectivity index (χ4v) is 4.97. The van der Waals surface area contributed by atoms with Gasteiger partial charge in [-0.2, -0.15) is 9.97 Å². The number of halogens is 1. The minimum atomic E-state index is -0.682. The molecule has 0 unspecified atom stereocenters. The number of hydrogen-bond acceptors (Lipinski definition) is 10. The quantitative estimate of drug-likeness (QED) is 0.150. The molecule has 13 heteroatoms. The second-order valence-corrected chi connectivity index (χ2v) is 12.1. The Morgan fingerprint density at radius 3 is 2.53 bits per heavy atom. The van der Waals surface area contributed by atoms with Gasteiger partial charge in [-0.05, 0) is 63.2 Å². The molecular weight excluding hydrogens is 605 g/mol. The molecule has 1 saturated heterocycles. The number of carbonyl (C=O) groups excluding carboxylic acids is 2. The lowest BCUT2D eigenvalue weighted by Gasteiger charge is -2.36. The van der Waals surface area contributed by atoms with E-state index in [0.717, 1.165) is 19.6 Å². The van der Waals surface area contributed by atoms with Gasteiger partial charge in [-0.25, -0.2) is 4.39 Å². The number of amides is 1. The van der Waals surface area contributed by atoms with Gasteiger partial charge in [0.05, 0.1) is 23.1 Å². The zero-order valence-corrected chi connectivity index (χ0v) is 27.1. The largest absolute Gasteiger partial charge is 0.443 e. The molecule has 0 aliphatic carbocycles. The predicted molar refractivity (Wildman–Crippen MR) is 179 cm³/mol. The molecule has 0 bridgehead atoms. The van der Waals surface area contributed by atoms with Crippen molar-refractivity contribution in [3.05, 3.63) is 73.2 Å². The molecule has 2 N–H and O–H groups in total. The van der Waals surface area contributed by atoms with E-state index in [1.807, 2.05) is 4.90 Å². The van der Waals surface area contributed by atoms with Crippen molar-refractivity contribution in [3.63, 3.8) is 0 Å². The highest BCUT2D eigenvalue weighted by Gasteiger charge is 2.24. The molecule has 0 saturated carbocycles. The van der Waals surface area contributed by atoms with Crippen molar-refractivity contribution in [1.29, 1.82) is 0 Å². The maximum absolute atomic E-state index is 15.4. The minimum absolute atomic E-state index is 0.0827. The summed E-state index contributed by atoms with van der Waals surface area (Å²) in [5, 5.41) is 6.36. The fourth-order valence-electron chi connectivity index (χ4n) is 4.97. The number of rotatable bonds is 12. The third-order valence-corrected chi connectivity index (χ3v) is 7.56. The normalized spacial score (nSPS) is 13.8. The summed E-state index contributed by atoms with van der Waals surface area (Å²) in [5.74, 6) is -0.342. The van der Waals surface area contributed by atoms with Crippen LogP contribution in [0.25, 0.3) is 11.0 Å². The standard InChI is InChI=1S/C34H40FN7O5/c1-6-29(43)36-23-8-7-9-25(20-23)47-31-26-12-13-42(22-46-32(44)34(2,3)4)30(26)38-33(39-31)37-24-10-11-28(27(35)21-24)41-16-14-40(15-17-41)18-19-45-5/h6-13,20-21H,1,14-19,22H2,2-5H3,(H,36,43)(H,37,38,39). The monoisotopic (exact) mass is 645 g/mol. The lowest BCUT2D eigenvalue weighted by atomic mass is 9.98. The smallest absolute Gasteiger partial charge is 0.312 e. The molecule has 2 aromatic heterocycles. The van der Waals surface area contributed by atoms with Crippen LogP contribution < -0.4 is 20.3 Å². The Balaban J connectivity index is 1.41. The number of esters is 1. The van der Waals surface area contributed by atoms with Crippen LogP contribution in [0.1, 0.15) is 20.8 Å². The first-order valence-electron chi connectivity index (χ1n) is 15.3. The van der Waals surface area contributed by atoms with Crippen molar-refractivity contribution < 1.29 is 28.2 Å². The number of ether oxygens (including phenoxy) is 3. The van der Waals surface area contributed by atoms with Gasteiger partial charge >= 0.3 is 5.97 Å². The molecule has 1 aliphatic heterocycles. The molecule has 1 fully saturated rings. The SMILES string of the molecule is C=CC(=O)Nc1cccc(Oc2nc(Nc3ccc(N4CCN(CCOC)CC4)c(F)c3)nc3c2ccn3COC(=O)C(C)(C)C)c1.